The van der Waals surface area contributed by atoms with Crippen molar-refractivity contribution in [3.05, 3.63) is 77.5 Å². The number of halogens is 3. The van der Waals surface area contributed by atoms with E-state index in [9.17, 15) is 26.4 Å². The van der Waals surface area contributed by atoms with Gasteiger partial charge in [-0.15, -0.1) is 0 Å². The second-order valence-corrected chi connectivity index (χ2v) is 12.0. The molecule has 1 aromatic carbocycles. The Kier molecular flexibility index (Phi) is 8.67. The first-order valence-corrected chi connectivity index (χ1v) is 14.1. The first-order valence-electron chi connectivity index (χ1n) is 12.4. The maximum absolute atomic E-state index is 14.5. The molecule has 39 heavy (non-hydrogen) atoms. The monoisotopic (exact) mass is 562 g/mol. The van der Waals surface area contributed by atoms with Crippen LogP contribution in [0.5, 0.6) is 0 Å². The molecule has 3 N–H and O–H groups in total. The highest BCUT2D eigenvalue weighted by Gasteiger charge is 2.42. The van der Waals surface area contributed by atoms with E-state index < -0.39 is 55.7 Å². The third kappa shape index (κ3) is 6.13. The van der Waals surface area contributed by atoms with E-state index in [0.29, 0.717) is 24.1 Å². The van der Waals surface area contributed by atoms with Crippen LogP contribution in [0.3, 0.4) is 0 Å². The Morgan fingerprint density at radius 1 is 1.10 bits per heavy atom. The van der Waals surface area contributed by atoms with Crippen molar-refractivity contribution in [3.63, 3.8) is 0 Å². The maximum Gasteiger partial charge on any atom is 0.274 e. The van der Waals surface area contributed by atoms with Gasteiger partial charge in [0.1, 0.15) is 28.8 Å². The number of rotatable bonds is 8. The summed E-state index contributed by atoms with van der Waals surface area (Å²) in [6, 6.07) is 6.19. The van der Waals surface area contributed by atoms with E-state index >= 15 is 0 Å². The average molecular weight is 563 g/mol. The van der Waals surface area contributed by atoms with Crippen molar-refractivity contribution >= 4 is 21.4 Å². The van der Waals surface area contributed by atoms with Crippen molar-refractivity contribution < 1.29 is 31.1 Å². The molecule has 1 fully saturated rings. The summed E-state index contributed by atoms with van der Waals surface area (Å²) in [5.41, 5.74) is 5.86. The average Bonchev–Trinajstić information content (AvgIpc) is 2.88. The number of ether oxygens (including phenoxy) is 1. The van der Waals surface area contributed by atoms with Crippen LogP contribution in [0.15, 0.2) is 48.8 Å². The van der Waals surface area contributed by atoms with Gasteiger partial charge < -0.3 is 15.8 Å². The Bertz CT molecular complexity index is 1440. The van der Waals surface area contributed by atoms with Crippen LogP contribution in [0.2, 0.25) is 0 Å². The highest BCUT2D eigenvalue weighted by atomic mass is 32.2. The highest BCUT2D eigenvalue weighted by molar-refractivity contribution is 7.92. The molecule has 12 heteroatoms. The van der Waals surface area contributed by atoms with Crippen LogP contribution in [0.25, 0.3) is 11.3 Å². The molecule has 0 saturated heterocycles. The summed E-state index contributed by atoms with van der Waals surface area (Å²) in [7, 11) is -2.04. The minimum absolute atomic E-state index is 0.0882. The standard InChI is InChI=1S/C27H29F3N4O4S/c1-15-12-16(13-21(31)26(15)39(36,37)11-10-38-2)17-8-9-32-14-23(17)34-27(35)22-7-6-20(30)25(33-22)24-18(28)4-3-5-19(24)29/h3-9,14-16,21,26H,10-13,31H2,1-2H3,(H,34,35)/t15-,16+,21+,26-/m0/s1. The van der Waals surface area contributed by atoms with Gasteiger partial charge >= 0.3 is 0 Å². The van der Waals surface area contributed by atoms with E-state index in [0.717, 1.165) is 30.3 Å². The molecule has 0 aliphatic heterocycles. The van der Waals surface area contributed by atoms with Crippen LogP contribution in [0.4, 0.5) is 18.9 Å². The largest absolute Gasteiger partial charge is 0.384 e. The number of nitrogens with one attached hydrogen (secondary N) is 1. The van der Waals surface area contributed by atoms with Crippen LogP contribution in [-0.2, 0) is 14.6 Å². The minimum atomic E-state index is -3.48. The summed E-state index contributed by atoms with van der Waals surface area (Å²) >= 11 is 0. The summed E-state index contributed by atoms with van der Waals surface area (Å²) in [6.07, 6.45) is 3.85. The van der Waals surface area contributed by atoms with Crippen LogP contribution in [-0.4, -0.2) is 55.1 Å². The van der Waals surface area contributed by atoms with E-state index in [4.69, 9.17) is 10.5 Å². The fraction of sp³-hybridized carbons (Fsp3) is 0.370. The molecule has 0 unspecified atom stereocenters. The molecular formula is C27H29F3N4O4S. The molecule has 0 bridgehead atoms. The van der Waals surface area contributed by atoms with Crippen molar-refractivity contribution in [1.82, 2.24) is 9.97 Å². The van der Waals surface area contributed by atoms with Gasteiger partial charge in [-0.3, -0.25) is 9.78 Å². The van der Waals surface area contributed by atoms with E-state index in [-0.39, 0.29) is 29.9 Å². The zero-order valence-electron chi connectivity index (χ0n) is 21.4. The number of anilines is 1. The van der Waals surface area contributed by atoms with Gasteiger partial charge in [-0.25, -0.2) is 26.6 Å². The molecule has 0 radical (unpaired) electrons. The number of nitrogens with zero attached hydrogens (tertiary/aromatic N) is 2. The number of nitrogens with two attached hydrogens (primary N) is 1. The van der Waals surface area contributed by atoms with Gasteiger partial charge in [0, 0.05) is 19.3 Å². The molecule has 4 atom stereocenters. The van der Waals surface area contributed by atoms with Crippen LogP contribution in [0, 0.1) is 23.4 Å². The van der Waals surface area contributed by atoms with Gasteiger partial charge in [-0.05, 0) is 60.6 Å². The molecule has 208 valence electrons. The smallest absolute Gasteiger partial charge is 0.274 e. The topological polar surface area (TPSA) is 124 Å². The number of amides is 1. The number of hydrogen-bond acceptors (Lipinski definition) is 7. The molecule has 4 rings (SSSR count). The molecule has 1 aliphatic carbocycles. The van der Waals surface area contributed by atoms with Gasteiger partial charge in [0.2, 0.25) is 0 Å². The Labute approximate surface area is 224 Å². The van der Waals surface area contributed by atoms with E-state index in [1.807, 2.05) is 6.92 Å². The Hall–Kier alpha value is -3.35. The van der Waals surface area contributed by atoms with Crippen LogP contribution in [0.1, 0.15) is 41.7 Å². The van der Waals surface area contributed by atoms with Crippen molar-refractivity contribution in [2.45, 2.75) is 37.0 Å². The number of aromatic nitrogens is 2. The fourth-order valence-electron chi connectivity index (χ4n) is 5.29. The second kappa shape index (κ2) is 11.8. The van der Waals surface area contributed by atoms with Crippen molar-refractivity contribution in [3.8, 4) is 11.3 Å². The summed E-state index contributed by atoms with van der Waals surface area (Å²) in [5.74, 6) is -4.30. The lowest BCUT2D eigenvalue weighted by atomic mass is 9.76. The fourth-order valence-corrected chi connectivity index (χ4v) is 7.43. The predicted octanol–water partition coefficient (Wildman–Crippen LogP) is 4.08. The first-order chi connectivity index (χ1) is 18.5. The van der Waals surface area contributed by atoms with E-state index in [1.54, 1.807) is 12.3 Å². The number of carbonyl (C=O) groups is 1. The molecule has 0 spiro atoms. The SMILES string of the molecule is COCCS(=O)(=O)[C@@H]1[C@H](N)C[C@H](c2ccncc2NC(=O)c2ccc(F)c(-c3c(F)cccc3F)n2)C[C@@H]1C. The molecule has 2 aromatic heterocycles. The van der Waals surface area contributed by atoms with Gasteiger partial charge in [-0.1, -0.05) is 13.0 Å². The van der Waals surface area contributed by atoms with Crippen molar-refractivity contribution in [2.24, 2.45) is 11.7 Å². The molecular weight excluding hydrogens is 533 g/mol. The second-order valence-electron chi connectivity index (χ2n) is 9.67. The lowest BCUT2D eigenvalue weighted by molar-refractivity contribution is 0.102. The van der Waals surface area contributed by atoms with E-state index in [2.05, 4.69) is 15.3 Å². The first kappa shape index (κ1) is 28.7. The summed E-state index contributed by atoms with van der Waals surface area (Å²) < 4.78 is 73.7. The molecule has 1 amide bonds. The van der Waals surface area contributed by atoms with E-state index in [1.165, 1.54) is 13.3 Å². The van der Waals surface area contributed by atoms with Gasteiger partial charge in [0.15, 0.2) is 9.84 Å². The number of carbonyl (C=O) groups excluding carboxylic acids is 1. The number of sulfone groups is 1. The lowest BCUT2D eigenvalue weighted by Crippen LogP contribution is -2.50. The van der Waals surface area contributed by atoms with Gasteiger partial charge in [0.25, 0.3) is 5.91 Å². The lowest BCUT2D eigenvalue weighted by Gasteiger charge is -2.39. The summed E-state index contributed by atoms with van der Waals surface area (Å²) in [4.78, 5) is 21.1. The van der Waals surface area contributed by atoms with Crippen molar-refractivity contribution in [2.75, 3.05) is 24.8 Å². The molecule has 2 heterocycles. The Morgan fingerprint density at radius 3 is 2.49 bits per heavy atom. The summed E-state index contributed by atoms with van der Waals surface area (Å²) in [6.45, 7) is 1.93. The Morgan fingerprint density at radius 2 is 1.82 bits per heavy atom. The molecule has 1 aliphatic rings. The highest BCUT2D eigenvalue weighted by Crippen LogP contribution is 2.41. The maximum atomic E-state index is 14.5. The molecule has 8 nitrogen and oxygen atoms in total. The van der Waals surface area contributed by atoms with Gasteiger partial charge in [0.05, 0.1) is 35.1 Å². The predicted molar refractivity (Wildman–Crippen MR) is 140 cm³/mol. The van der Waals surface area contributed by atoms with Crippen LogP contribution < -0.4 is 11.1 Å². The summed E-state index contributed by atoms with van der Waals surface area (Å²) in [5, 5.41) is 1.98. The van der Waals surface area contributed by atoms with Crippen molar-refractivity contribution in [1.29, 1.82) is 0 Å². The Balaban J connectivity index is 1.58. The zero-order chi connectivity index (χ0) is 28.3. The third-order valence-corrected chi connectivity index (χ3v) is 9.38. The quantitative estimate of drug-likeness (QED) is 0.424. The molecule has 1 saturated carbocycles. The van der Waals surface area contributed by atoms with Crippen LogP contribution >= 0.6 is 0 Å². The zero-order valence-corrected chi connectivity index (χ0v) is 22.2. The molecule has 3 aromatic rings. The number of benzene rings is 1. The number of methoxy groups -OCH3 is 1. The normalized spacial score (nSPS) is 21.5. The minimum Gasteiger partial charge on any atom is -0.384 e. The third-order valence-electron chi connectivity index (χ3n) is 7.00. The van der Waals surface area contributed by atoms with Gasteiger partial charge in [-0.2, -0.15) is 0 Å². The number of pyridine rings is 2. The number of hydrogen-bond donors (Lipinski definition) is 2.